The van der Waals surface area contributed by atoms with Crippen molar-refractivity contribution >= 4 is 28.0 Å². The molecule has 0 aliphatic rings. The first-order valence-electron chi connectivity index (χ1n) is 9.75. The van der Waals surface area contributed by atoms with E-state index in [2.05, 4.69) is 25.0 Å². The molecule has 0 N–H and O–H groups in total. The third-order valence-electron chi connectivity index (χ3n) is 5.18. The summed E-state index contributed by atoms with van der Waals surface area (Å²) in [6.45, 7) is 0.0353. The quantitative estimate of drug-likeness (QED) is 0.381. The first-order valence-corrected chi connectivity index (χ1v) is 9.75. The molecule has 0 bridgehead atoms. The van der Waals surface area contributed by atoms with Crippen LogP contribution in [0.4, 0.5) is 13.2 Å². The largest absolute Gasteiger partial charge is 0.465 e. The molecule has 0 saturated heterocycles. The van der Waals surface area contributed by atoms with Gasteiger partial charge in [-0.1, -0.05) is 11.3 Å². The maximum atomic E-state index is 14.6. The van der Waals surface area contributed by atoms with Crippen LogP contribution in [-0.2, 0) is 11.3 Å². The maximum Gasteiger partial charge on any atom is 0.343 e. The zero-order valence-corrected chi connectivity index (χ0v) is 17.1. The van der Waals surface area contributed by atoms with E-state index in [0.717, 1.165) is 24.6 Å². The number of aromatic nitrogens is 5. The average Bonchev–Trinajstić information content (AvgIpc) is 3.20. The summed E-state index contributed by atoms with van der Waals surface area (Å²) in [5.74, 6) is -3.71. The molecule has 10 heteroatoms. The molecular formula is C23H14F3N5O2. The van der Waals surface area contributed by atoms with E-state index in [0.29, 0.717) is 22.2 Å². The fourth-order valence-electron chi connectivity index (χ4n) is 3.56. The third-order valence-corrected chi connectivity index (χ3v) is 5.18. The van der Waals surface area contributed by atoms with Crippen LogP contribution in [0.1, 0.15) is 15.9 Å². The first kappa shape index (κ1) is 20.6. The highest BCUT2D eigenvalue weighted by Crippen LogP contribution is 2.26. The van der Waals surface area contributed by atoms with Gasteiger partial charge in [0, 0.05) is 28.8 Å². The van der Waals surface area contributed by atoms with Crippen molar-refractivity contribution < 1.29 is 22.7 Å². The van der Waals surface area contributed by atoms with Crippen LogP contribution in [-0.4, -0.2) is 38.0 Å². The van der Waals surface area contributed by atoms with Gasteiger partial charge in [0.15, 0.2) is 5.65 Å². The molecule has 3 aromatic heterocycles. The number of pyridine rings is 2. The smallest absolute Gasteiger partial charge is 0.343 e. The number of carbonyl (C=O) groups excluding carboxylic acids is 1. The Bertz CT molecular complexity index is 1530. The second-order valence-electron chi connectivity index (χ2n) is 7.23. The maximum absolute atomic E-state index is 14.6. The molecule has 0 atom stereocenters. The van der Waals surface area contributed by atoms with Gasteiger partial charge in [-0.05, 0) is 36.4 Å². The Morgan fingerprint density at radius 2 is 1.79 bits per heavy atom. The number of methoxy groups -OCH3 is 1. The van der Waals surface area contributed by atoms with Crippen molar-refractivity contribution in [2.45, 2.75) is 6.54 Å². The van der Waals surface area contributed by atoms with Crippen molar-refractivity contribution in [2.75, 3.05) is 7.11 Å². The normalized spacial score (nSPS) is 11.3. The fourth-order valence-corrected chi connectivity index (χ4v) is 3.56. The van der Waals surface area contributed by atoms with Crippen LogP contribution in [0.25, 0.3) is 33.3 Å². The van der Waals surface area contributed by atoms with Crippen molar-refractivity contribution in [1.29, 1.82) is 0 Å². The topological polar surface area (TPSA) is 82.8 Å². The summed E-state index contributed by atoms with van der Waals surface area (Å²) >= 11 is 0. The Morgan fingerprint density at radius 3 is 2.55 bits per heavy atom. The molecule has 0 fully saturated rings. The zero-order valence-electron chi connectivity index (χ0n) is 17.1. The lowest BCUT2D eigenvalue weighted by Crippen LogP contribution is -2.08. The van der Waals surface area contributed by atoms with E-state index in [4.69, 9.17) is 0 Å². The van der Waals surface area contributed by atoms with Gasteiger partial charge >= 0.3 is 5.97 Å². The van der Waals surface area contributed by atoms with Crippen molar-refractivity contribution in [1.82, 2.24) is 25.0 Å². The second-order valence-corrected chi connectivity index (χ2v) is 7.23. The van der Waals surface area contributed by atoms with Crippen molar-refractivity contribution in [2.24, 2.45) is 0 Å². The summed E-state index contributed by atoms with van der Waals surface area (Å²) < 4.78 is 49.2. The lowest BCUT2D eigenvalue weighted by atomic mass is 10.1. The van der Waals surface area contributed by atoms with Gasteiger partial charge in [-0.15, -0.1) is 5.10 Å². The molecule has 0 radical (unpaired) electrons. The molecule has 5 aromatic rings. The Balaban J connectivity index is 1.55. The molecule has 0 aliphatic heterocycles. The van der Waals surface area contributed by atoms with E-state index in [1.165, 1.54) is 16.8 Å². The molecule has 0 unspecified atom stereocenters. The Kier molecular flexibility index (Phi) is 4.97. The minimum Gasteiger partial charge on any atom is -0.465 e. The number of hydrogen-bond donors (Lipinski definition) is 0. The van der Waals surface area contributed by atoms with Gasteiger partial charge in [0.05, 0.1) is 24.9 Å². The van der Waals surface area contributed by atoms with Crippen molar-refractivity contribution in [3.63, 3.8) is 0 Å². The highest BCUT2D eigenvalue weighted by Gasteiger charge is 2.20. The standard InChI is InChI=1S/C23H14F3N5O2/c1-33-23(32)21-16(25)8-13(9-17(21)26)18-4-5-19-22(28-18)31(30-29-19)11-14-7-12-3-2-6-27-20(12)10-15(14)24/h2-10H,11H2,1H3. The summed E-state index contributed by atoms with van der Waals surface area (Å²) in [6, 6.07) is 11.7. The second kappa shape index (κ2) is 7.97. The van der Waals surface area contributed by atoms with E-state index in [1.807, 2.05) is 6.07 Å². The van der Waals surface area contributed by atoms with Crippen LogP contribution in [0.5, 0.6) is 0 Å². The van der Waals surface area contributed by atoms with Crippen LogP contribution in [0.2, 0.25) is 0 Å². The van der Waals surface area contributed by atoms with Gasteiger partial charge in [0.2, 0.25) is 0 Å². The molecular weight excluding hydrogens is 435 g/mol. The summed E-state index contributed by atoms with van der Waals surface area (Å²) in [6.07, 6.45) is 1.58. The van der Waals surface area contributed by atoms with Gasteiger partial charge in [-0.2, -0.15) is 0 Å². The number of halogens is 3. The van der Waals surface area contributed by atoms with E-state index >= 15 is 0 Å². The van der Waals surface area contributed by atoms with Gasteiger partial charge in [-0.25, -0.2) is 27.6 Å². The van der Waals surface area contributed by atoms with Gasteiger partial charge in [-0.3, -0.25) is 4.98 Å². The van der Waals surface area contributed by atoms with Gasteiger partial charge < -0.3 is 4.74 Å². The fraction of sp³-hybridized carbons (Fsp3) is 0.0870. The molecule has 0 aliphatic carbocycles. The van der Waals surface area contributed by atoms with Gasteiger partial charge in [0.1, 0.15) is 28.5 Å². The van der Waals surface area contributed by atoms with Crippen LogP contribution < -0.4 is 0 Å². The first-order chi connectivity index (χ1) is 15.9. The third kappa shape index (κ3) is 3.65. The summed E-state index contributed by atoms with van der Waals surface area (Å²) in [7, 11) is 1.04. The number of nitrogens with zero attached hydrogens (tertiary/aromatic N) is 5. The van der Waals surface area contributed by atoms with Crippen molar-refractivity contribution in [3.8, 4) is 11.3 Å². The number of hydrogen-bond acceptors (Lipinski definition) is 6. The minimum atomic E-state index is -1.12. The van der Waals surface area contributed by atoms with Crippen molar-refractivity contribution in [3.05, 3.63) is 83.3 Å². The molecule has 0 amide bonds. The zero-order chi connectivity index (χ0) is 23.1. The lowest BCUT2D eigenvalue weighted by molar-refractivity contribution is 0.0590. The number of ether oxygens (including phenoxy) is 1. The van der Waals surface area contributed by atoms with Crippen LogP contribution in [0.15, 0.2) is 54.7 Å². The monoisotopic (exact) mass is 449 g/mol. The molecule has 164 valence electrons. The highest BCUT2D eigenvalue weighted by atomic mass is 19.1. The minimum absolute atomic E-state index is 0.0353. The number of rotatable bonds is 4. The van der Waals surface area contributed by atoms with E-state index in [1.54, 1.807) is 24.4 Å². The Labute approximate surface area is 184 Å². The molecule has 2 aromatic carbocycles. The van der Waals surface area contributed by atoms with Crippen LogP contribution >= 0.6 is 0 Å². The number of fused-ring (bicyclic) bond motifs is 2. The molecule has 0 spiro atoms. The molecule has 33 heavy (non-hydrogen) atoms. The number of esters is 1. The number of benzene rings is 2. The lowest BCUT2D eigenvalue weighted by Gasteiger charge is -2.08. The predicted molar refractivity (Wildman–Crippen MR) is 113 cm³/mol. The van der Waals surface area contributed by atoms with E-state index in [-0.39, 0.29) is 17.8 Å². The highest BCUT2D eigenvalue weighted by molar-refractivity contribution is 5.90. The SMILES string of the molecule is COC(=O)c1c(F)cc(-c2ccc3nnn(Cc4cc5cccnc5cc4F)c3n2)cc1F. The summed E-state index contributed by atoms with van der Waals surface area (Å²) in [5.41, 5.74) is 1.16. The predicted octanol–water partition coefficient (Wildman–Crippen LogP) is 4.29. The Hall–Kier alpha value is -4.34. The molecule has 3 heterocycles. The number of carbonyl (C=O) groups is 1. The molecule has 7 nitrogen and oxygen atoms in total. The Morgan fingerprint density at radius 1 is 1.00 bits per heavy atom. The summed E-state index contributed by atoms with van der Waals surface area (Å²) in [5, 5.41) is 8.84. The van der Waals surface area contributed by atoms with E-state index in [9.17, 15) is 18.0 Å². The average molecular weight is 449 g/mol. The van der Waals surface area contributed by atoms with E-state index < -0.39 is 29.0 Å². The van der Waals surface area contributed by atoms with Crippen LogP contribution in [0, 0.1) is 17.5 Å². The summed E-state index contributed by atoms with van der Waals surface area (Å²) in [4.78, 5) is 20.2. The van der Waals surface area contributed by atoms with Crippen LogP contribution in [0.3, 0.4) is 0 Å². The van der Waals surface area contributed by atoms with Gasteiger partial charge in [0.25, 0.3) is 0 Å². The molecule has 5 rings (SSSR count). The molecule has 0 saturated carbocycles.